The van der Waals surface area contributed by atoms with Crippen molar-refractivity contribution in [1.29, 1.82) is 0 Å². The molecule has 1 rings (SSSR count). The van der Waals surface area contributed by atoms with Gasteiger partial charge in [-0.3, -0.25) is 4.79 Å². The van der Waals surface area contributed by atoms with Crippen molar-refractivity contribution in [3.8, 4) is 0 Å². The smallest absolute Gasteiger partial charge is 0.303 e. The minimum atomic E-state index is -4.31. The first-order valence-electron chi connectivity index (χ1n) is 5.39. The number of halogens is 2. The number of carboxylic acids is 1. The Kier molecular flexibility index (Phi) is 4.96. The van der Waals surface area contributed by atoms with Gasteiger partial charge in [0.05, 0.1) is 0 Å². The first-order valence-corrected chi connectivity index (χ1v) is 6.83. The van der Waals surface area contributed by atoms with Crippen molar-refractivity contribution in [2.24, 2.45) is 0 Å². The van der Waals surface area contributed by atoms with Crippen molar-refractivity contribution in [3.05, 3.63) is 29.8 Å². The van der Waals surface area contributed by atoms with E-state index in [0.717, 1.165) is 29.6 Å². The fraction of sp³-hybridized carbons (Fsp3) is 0.364. The maximum atomic E-state index is 13.4. The molecule has 0 unspecified atom stereocenters. The Balaban J connectivity index is 2.94. The van der Waals surface area contributed by atoms with Gasteiger partial charge in [-0.2, -0.15) is 0 Å². The minimum Gasteiger partial charge on any atom is -0.481 e. The fourth-order valence-electron chi connectivity index (χ4n) is 1.46. The summed E-state index contributed by atoms with van der Waals surface area (Å²) >= 11 is 0. The lowest BCUT2D eigenvalue weighted by Crippen LogP contribution is -2.29. The van der Waals surface area contributed by atoms with Crippen LogP contribution >= 0.6 is 0 Å². The molecule has 1 N–H and O–H groups in total. The van der Waals surface area contributed by atoms with E-state index in [1.54, 1.807) is 0 Å². The summed E-state index contributed by atoms with van der Waals surface area (Å²) in [5.74, 6) is -3.42. The molecule has 0 aromatic heterocycles. The van der Waals surface area contributed by atoms with Crippen LogP contribution in [0.1, 0.15) is 12.8 Å². The molecule has 0 aliphatic rings. The number of aliphatic carboxylic acids is 1. The monoisotopic (exact) mass is 293 g/mol. The van der Waals surface area contributed by atoms with E-state index in [2.05, 4.69) is 0 Å². The van der Waals surface area contributed by atoms with Gasteiger partial charge in [-0.1, -0.05) is 6.07 Å². The highest BCUT2D eigenvalue weighted by Crippen LogP contribution is 2.21. The normalized spacial score (nSPS) is 11.8. The zero-order valence-corrected chi connectivity index (χ0v) is 11.0. The molecule has 1 aromatic rings. The minimum absolute atomic E-state index is 0.0567. The lowest BCUT2D eigenvalue weighted by atomic mass is 10.3. The van der Waals surface area contributed by atoms with Crippen LogP contribution in [0.25, 0.3) is 0 Å². The molecule has 0 aliphatic heterocycles. The van der Waals surface area contributed by atoms with E-state index in [9.17, 15) is 22.0 Å². The molecule has 106 valence electrons. The van der Waals surface area contributed by atoms with Gasteiger partial charge in [-0.05, 0) is 18.6 Å². The maximum Gasteiger partial charge on any atom is 0.303 e. The molecule has 0 saturated carbocycles. The second kappa shape index (κ2) is 6.07. The van der Waals surface area contributed by atoms with Gasteiger partial charge in [-0.25, -0.2) is 21.5 Å². The first kappa shape index (κ1) is 15.5. The van der Waals surface area contributed by atoms with Crippen LogP contribution in [0.15, 0.2) is 23.1 Å². The van der Waals surface area contributed by atoms with Gasteiger partial charge in [0.15, 0.2) is 4.90 Å². The van der Waals surface area contributed by atoms with Gasteiger partial charge in [0.25, 0.3) is 0 Å². The molecule has 0 aliphatic carbocycles. The third kappa shape index (κ3) is 3.71. The van der Waals surface area contributed by atoms with Crippen LogP contribution in [0.3, 0.4) is 0 Å². The van der Waals surface area contributed by atoms with Crippen molar-refractivity contribution in [2.45, 2.75) is 17.7 Å². The highest BCUT2D eigenvalue weighted by Gasteiger charge is 2.27. The molecule has 8 heteroatoms. The van der Waals surface area contributed by atoms with Crippen LogP contribution in [-0.4, -0.2) is 37.4 Å². The summed E-state index contributed by atoms with van der Waals surface area (Å²) in [4.78, 5) is 9.30. The molecule has 0 fully saturated rings. The van der Waals surface area contributed by atoms with Crippen molar-refractivity contribution < 1.29 is 27.1 Å². The van der Waals surface area contributed by atoms with Crippen LogP contribution in [0.4, 0.5) is 8.78 Å². The number of hydrogen-bond donors (Lipinski definition) is 1. The highest BCUT2D eigenvalue weighted by molar-refractivity contribution is 7.89. The summed E-state index contributed by atoms with van der Waals surface area (Å²) in [5, 5.41) is 8.45. The molecule has 0 atom stereocenters. The topological polar surface area (TPSA) is 74.7 Å². The number of carbonyl (C=O) groups is 1. The van der Waals surface area contributed by atoms with Gasteiger partial charge in [0, 0.05) is 20.0 Å². The molecule has 19 heavy (non-hydrogen) atoms. The SMILES string of the molecule is CN(CCCC(=O)O)S(=O)(=O)c1c(F)cccc1F. The van der Waals surface area contributed by atoms with Crippen molar-refractivity contribution in [1.82, 2.24) is 4.31 Å². The number of benzene rings is 1. The number of sulfonamides is 1. The van der Waals surface area contributed by atoms with E-state index >= 15 is 0 Å². The third-order valence-electron chi connectivity index (χ3n) is 2.45. The molecule has 0 bridgehead atoms. The summed E-state index contributed by atoms with van der Waals surface area (Å²) in [6.45, 7) is -0.137. The Morgan fingerprint density at radius 3 is 2.32 bits per heavy atom. The second-order valence-electron chi connectivity index (χ2n) is 3.87. The lowest BCUT2D eigenvalue weighted by molar-refractivity contribution is -0.137. The average Bonchev–Trinajstić information content (AvgIpc) is 2.27. The molecule has 0 spiro atoms. The predicted octanol–water partition coefficient (Wildman–Crippen LogP) is 1.45. The van der Waals surface area contributed by atoms with Crippen molar-refractivity contribution in [2.75, 3.05) is 13.6 Å². The summed E-state index contributed by atoms with van der Waals surface area (Å²) in [6.07, 6.45) is -0.166. The van der Waals surface area contributed by atoms with Gasteiger partial charge in [-0.15, -0.1) is 0 Å². The largest absolute Gasteiger partial charge is 0.481 e. The van der Waals surface area contributed by atoms with Crippen molar-refractivity contribution >= 4 is 16.0 Å². The molecule has 0 heterocycles. The first-order chi connectivity index (χ1) is 8.76. The Morgan fingerprint density at radius 2 is 1.84 bits per heavy atom. The van der Waals surface area contributed by atoms with Crippen molar-refractivity contribution in [3.63, 3.8) is 0 Å². The summed E-state index contributed by atoms with van der Waals surface area (Å²) in [5.41, 5.74) is 0. The quantitative estimate of drug-likeness (QED) is 0.861. The molecular formula is C11H13F2NO4S. The number of rotatable bonds is 6. The Labute approximate surface area is 109 Å². The van der Waals surface area contributed by atoms with Crippen LogP contribution in [0.2, 0.25) is 0 Å². The van der Waals surface area contributed by atoms with Gasteiger partial charge < -0.3 is 5.11 Å². The van der Waals surface area contributed by atoms with Crippen LogP contribution in [0, 0.1) is 11.6 Å². The van der Waals surface area contributed by atoms with E-state index in [1.165, 1.54) is 0 Å². The zero-order valence-electron chi connectivity index (χ0n) is 10.1. The number of hydrogen-bond acceptors (Lipinski definition) is 3. The molecule has 0 amide bonds. The van der Waals surface area contributed by atoms with Gasteiger partial charge >= 0.3 is 5.97 Å². The second-order valence-corrected chi connectivity index (χ2v) is 5.86. The van der Waals surface area contributed by atoms with Crippen LogP contribution < -0.4 is 0 Å². The lowest BCUT2D eigenvalue weighted by Gasteiger charge is -2.17. The fourth-order valence-corrected chi connectivity index (χ4v) is 2.77. The summed E-state index contributed by atoms with van der Waals surface area (Å²) in [6, 6.07) is 2.76. The van der Waals surface area contributed by atoms with Gasteiger partial charge in [0.1, 0.15) is 11.6 Å². The third-order valence-corrected chi connectivity index (χ3v) is 4.36. The molecule has 0 saturated heterocycles. The average molecular weight is 293 g/mol. The van der Waals surface area contributed by atoms with E-state index in [4.69, 9.17) is 5.11 Å². The predicted molar refractivity (Wildman–Crippen MR) is 63.0 cm³/mol. The maximum absolute atomic E-state index is 13.4. The standard InChI is InChI=1S/C11H13F2NO4S/c1-14(7-3-6-10(15)16)19(17,18)11-8(12)4-2-5-9(11)13/h2,4-5H,3,6-7H2,1H3,(H,15,16). The van der Waals surface area contributed by atoms with E-state index in [-0.39, 0.29) is 19.4 Å². The summed E-state index contributed by atoms with van der Waals surface area (Å²) < 4.78 is 51.5. The molecule has 5 nitrogen and oxygen atoms in total. The molecular weight excluding hydrogens is 280 g/mol. The van der Waals surface area contributed by atoms with E-state index in [0.29, 0.717) is 0 Å². The number of nitrogens with zero attached hydrogens (tertiary/aromatic N) is 1. The van der Waals surface area contributed by atoms with Gasteiger partial charge in [0.2, 0.25) is 10.0 Å². The van der Waals surface area contributed by atoms with E-state index < -0.39 is 32.5 Å². The number of carboxylic acid groups (broad SMARTS) is 1. The van der Waals surface area contributed by atoms with Crippen LogP contribution in [0.5, 0.6) is 0 Å². The zero-order chi connectivity index (χ0) is 14.6. The summed E-state index contributed by atoms with van der Waals surface area (Å²) in [7, 11) is -3.17. The molecule has 1 aromatic carbocycles. The Hall–Kier alpha value is -1.54. The van der Waals surface area contributed by atoms with Crippen LogP contribution in [-0.2, 0) is 14.8 Å². The molecule has 0 radical (unpaired) electrons. The Bertz CT molecular complexity index is 554. The Morgan fingerprint density at radius 1 is 1.32 bits per heavy atom. The highest BCUT2D eigenvalue weighted by atomic mass is 32.2. The van der Waals surface area contributed by atoms with E-state index in [1.807, 2.05) is 0 Å².